The second-order valence-corrected chi connectivity index (χ2v) is 6.60. The van der Waals surface area contributed by atoms with Gasteiger partial charge in [-0.1, -0.05) is 12.1 Å². The lowest BCUT2D eigenvalue weighted by Gasteiger charge is -1.99. The van der Waals surface area contributed by atoms with Crippen molar-refractivity contribution < 1.29 is 8.63 Å². The van der Waals surface area contributed by atoms with Crippen LogP contribution in [-0.4, -0.2) is 14.2 Å². The summed E-state index contributed by atoms with van der Waals surface area (Å²) in [6.45, 7) is 1.95. The molecular weight excluding hydrogens is 292 g/mol. The summed E-state index contributed by atoms with van der Waals surface area (Å²) in [5.74, 6) is 1.42. The first-order chi connectivity index (χ1) is 9.72. The van der Waals surface area contributed by atoms with E-state index < -0.39 is 10.8 Å². The Morgan fingerprint density at radius 2 is 2.15 bits per heavy atom. The first-order valence-electron chi connectivity index (χ1n) is 6.02. The molecule has 0 aliphatic heterocycles. The van der Waals surface area contributed by atoms with E-state index in [0.29, 0.717) is 16.7 Å². The topological polar surface area (TPSA) is 56.0 Å². The van der Waals surface area contributed by atoms with Crippen molar-refractivity contribution in [1.82, 2.24) is 9.97 Å². The van der Waals surface area contributed by atoms with E-state index in [9.17, 15) is 4.21 Å². The van der Waals surface area contributed by atoms with E-state index in [4.69, 9.17) is 4.42 Å². The lowest BCUT2D eigenvalue weighted by atomic mass is 10.3. The normalized spacial score (nSPS) is 12.4. The molecule has 3 heterocycles. The molecule has 3 aromatic rings. The van der Waals surface area contributed by atoms with Gasteiger partial charge in [-0.15, -0.1) is 11.3 Å². The van der Waals surface area contributed by atoms with E-state index in [1.807, 2.05) is 30.5 Å². The maximum Gasteiger partial charge on any atom is 0.208 e. The van der Waals surface area contributed by atoms with E-state index in [0.717, 1.165) is 10.4 Å². The van der Waals surface area contributed by atoms with Crippen molar-refractivity contribution in [3.63, 3.8) is 0 Å². The first-order valence-corrected chi connectivity index (χ1v) is 8.22. The number of aryl methyl sites for hydroxylation is 1. The molecule has 0 aromatic carbocycles. The zero-order valence-electron chi connectivity index (χ0n) is 10.8. The summed E-state index contributed by atoms with van der Waals surface area (Å²) >= 11 is 1.58. The molecule has 0 saturated heterocycles. The molecule has 102 valence electrons. The Balaban J connectivity index is 1.75. The quantitative estimate of drug-likeness (QED) is 0.741. The van der Waals surface area contributed by atoms with E-state index in [2.05, 4.69) is 9.97 Å². The maximum atomic E-state index is 12.2. The third-order valence-electron chi connectivity index (χ3n) is 2.69. The standard InChI is InChI=1S/C14H12N2O2S2/c1-10-4-5-14(16-7-10)20(17)9-13-15-8-11(18-13)12-3-2-6-19-12/h2-8H,9H2,1H3/t20-/m1/s1. The highest BCUT2D eigenvalue weighted by atomic mass is 32.2. The van der Waals surface area contributed by atoms with Gasteiger partial charge in [0.15, 0.2) is 5.76 Å². The van der Waals surface area contributed by atoms with Crippen molar-refractivity contribution in [2.24, 2.45) is 0 Å². The summed E-state index contributed by atoms with van der Waals surface area (Å²) in [6, 6.07) is 7.59. The number of hydrogen-bond acceptors (Lipinski definition) is 5. The van der Waals surface area contributed by atoms with Gasteiger partial charge < -0.3 is 4.42 Å². The zero-order chi connectivity index (χ0) is 13.9. The molecule has 0 fully saturated rings. The summed E-state index contributed by atoms with van der Waals surface area (Å²) in [6.07, 6.45) is 3.38. The van der Waals surface area contributed by atoms with Gasteiger partial charge in [0.1, 0.15) is 10.8 Å². The highest BCUT2D eigenvalue weighted by Gasteiger charge is 2.12. The van der Waals surface area contributed by atoms with E-state index >= 15 is 0 Å². The molecule has 20 heavy (non-hydrogen) atoms. The van der Waals surface area contributed by atoms with Crippen LogP contribution in [0.5, 0.6) is 0 Å². The molecule has 0 radical (unpaired) electrons. The van der Waals surface area contributed by atoms with Crippen molar-refractivity contribution in [2.45, 2.75) is 17.7 Å². The van der Waals surface area contributed by atoms with Crippen LogP contribution in [0.3, 0.4) is 0 Å². The fourth-order valence-electron chi connectivity index (χ4n) is 1.68. The molecule has 0 bridgehead atoms. The molecule has 0 amide bonds. The van der Waals surface area contributed by atoms with Gasteiger partial charge in [0.2, 0.25) is 5.89 Å². The molecule has 6 heteroatoms. The molecule has 1 atom stereocenters. The molecule has 3 rings (SSSR count). The minimum atomic E-state index is -1.24. The van der Waals surface area contributed by atoms with Gasteiger partial charge in [0, 0.05) is 6.20 Å². The number of pyridine rings is 1. The Labute approximate surface area is 123 Å². The van der Waals surface area contributed by atoms with Gasteiger partial charge >= 0.3 is 0 Å². The van der Waals surface area contributed by atoms with E-state index in [1.165, 1.54) is 0 Å². The van der Waals surface area contributed by atoms with Crippen molar-refractivity contribution >= 4 is 22.1 Å². The highest BCUT2D eigenvalue weighted by Crippen LogP contribution is 2.25. The fourth-order valence-corrected chi connectivity index (χ4v) is 3.25. The molecular formula is C14H12N2O2S2. The monoisotopic (exact) mass is 304 g/mol. The SMILES string of the molecule is Cc1ccc([S@](=O)Cc2ncc(-c3cccs3)o2)nc1. The van der Waals surface area contributed by atoms with E-state index in [1.54, 1.807) is 29.8 Å². The molecule has 0 N–H and O–H groups in total. The predicted octanol–water partition coefficient (Wildman–Crippen LogP) is 3.41. The van der Waals surface area contributed by atoms with Crippen LogP contribution < -0.4 is 0 Å². The lowest BCUT2D eigenvalue weighted by molar-refractivity contribution is 0.528. The van der Waals surface area contributed by atoms with Gasteiger partial charge in [-0.25, -0.2) is 9.97 Å². The third-order valence-corrected chi connectivity index (χ3v) is 4.79. The average molecular weight is 304 g/mol. The Hall–Kier alpha value is -1.79. The summed E-state index contributed by atoms with van der Waals surface area (Å²) in [5.41, 5.74) is 1.04. The lowest BCUT2D eigenvalue weighted by Crippen LogP contribution is -1.99. The number of thiophene rings is 1. The summed E-state index contributed by atoms with van der Waals surface area (Å²) in [5, 5.41) is 2.53. The summed E-state index contributed by atoms with van der Waals surface area (Å²) in [4.78, 5) is 9.35. The largest absolute Gasteiger partial charge is 0.439 e. The second-order valence-electron chi connectivity index (χ2n) is 4.26. The van der Waals surface area contributed by atoms with Crippen molar-refractivity contribution in [3.8, 4) is 10.6 Å². The molecule has 3 aromatic heterocycles. The van der Waals surface area contributed by atoms with Gasteiger partial charge in [0.05, 0.1) is 21.9 Å². The van der Waals surface area contributed by atoms with Crippen molar-refractivity contribution in [2.75, 3.05) is 0 Å². The molecule has 0 spiro atoms. The number of aromatic nitrogens is 2. The van der Waals surface area contributed by atoms with Crippen LogP contribution in [0.4, 0.5) is 0 Å². The Bertz CT molecular complexity index is 718. The minimum Gasteiger partial charge on any atom is -0.439 e. The van der Waals surface area contributed by atoms with Crippen LogP contribution in [0.15, 0.2) is 51.5 Å². The van der Waals surface area contributed by atoms with Gasteiger partial charge in [-0.2, -0.15) is 0 Å². The second kappa shape index (κ2) is 5.68. The summed E-state index contributed by atoms with van der Waals surface area (Å²) < 4.78 is 17.8. The zero-order valence-corrected chi connectivity index (χ0v) is 12.4. The minimum absolute atomic E-state index is 0.238. The van der Waals surface area contributed by atoms with Crippen LogP contribution in [0, 0.1) is 6.92 Å². The molecule has 0 aliphatic carbocycles. The average Bonchev–Trinajstić information content (AvgIpc) is 3.09. The van der Waals surface area contributed by atoms with Crippen LogP contribution in [0.1, 0.15) is 11.5 Å². The first kappa shape index (κ1) is 13.2. The van der Waals surface area contributed by atoms with Gasteiger partial charge in [-0.3, -0.25) is 4.21 Å². The molecule has 0 unspecified atom stereocenters. The van der Waals surface area contributed by atoms with Crippen molar-refractivity contribution in [1.29, 1.82) is 0 Å². The van der Waals surface area contributed by atoms with Gasteiger partial charge in [0.25, 0.3) is 0 Å². The number of nitrogens with zero attached hydrogens (tertiary/aromatic N) is 2. The maximum absolute atomic E-state index is 12.2. The number of oxazole rings is 1. The Morgan fingerprint density at radius 1 is 1.25 bits per heavy atom. The Kier molecular flexibility index (Phi) is 3.75. The Morgan fingerprint density at radius 3 is 2.85 bits per heavy atom. The van der Waals surface area contributed by atoms with Gasteiger partial charge in [-0.05, 0) is 30.0 Å². The summed E-state index contributed by atoms with van der Waals surface area (Å²) in [7, 11) is -1.24. The number of hydrogen-bond donors (Lipinski definition) is 0. The predicted molar refractivity (Wildman–Crippen MR) is 78.9 cm³/mol. The molecule has 0 saturated carbocycles. The van der Waals surface area contributed by atoms with Crippen LogP contribution in [0.2, 0.25) is 0 Å². The van der Waals surface area contributed by atoms with Crippen molar-refractivity contribution in [3.05, 3.63) is 53.5 Å². The molecule has 4 nitrogen and oxygen atoms in total. The third kappa shape index (κ3) is 2.86. The number of rotatable bonds is 4. The molecule has 0 aliphatic rings. The van der Waals surface area contributed by atoms with Crippen LogP contribution >= 0.6 is 11.3 Å². The smallest absolute Gasteiger partial charge is 0.208 e. The fraction of sp³-hybridized carbons (Fsp3) is 0.143. The highest BCUT2D eigenvalue weighted by molar-refractivity contribution is 7.84. The van der Waals surface area contributed by atoms with E-state index in [-0.39, 0.29) is 5.75 Å². The van der Waals surface area contributed by atoms with Crippen LogP contribution in [0.25, 0.3) is 10.6 Å². The van der Waals surface area contributed by atoms with Crippen LogP contribution in [-0.2, 0) is 16.6 Å².